The molecule has 7 nitrogen and oxygen atoms in total. The van der Waals surface area contributed by atoms with Gasteiger partial charge in [-0.25, -0.2) is 19.9 Å². The van der Waals surface area contributed by atoms with E-state index in [2.05, 4.69) is 25.2 Å². The Kier molecular flexibility index (Phi) is 5.05. The summed E-state index contributed by atoms with van der Waals surface area (Å²) in [7, 11) is 2.00. The number of anilines is 3. The number of benzene rings is 1. The summed E-state index contributed by atoms with van der Waals surface area (Å²) in [5, 5.41) is 13.6. The molecule has 2 heterocycles. The second-order valence-corrected chi connectivity index (χ2v) is 7.27. The third kappa shape index (κ3) is 3.94. The maximum absolute atomic E-state index is 9.73. The van der Waals surface area contributed by atoms with Gasteiger partial charge in [-0.05, 0) is 43.9 Å². The van der Waals surface area contributed by atoms with E-state index < -0.39 is 0 Å². The van der Waals surface area contributed by atoms with Crippen LogP contribution in [-0.4, -0.2) is 44.2 Å². The third-order valence-corrected chi connectivity index (χ3v) is 5.22. The Morgan fingerprint density at radius 1 is 1.15 bits per heavy atom. The van der Waals surface area contributed by atoms with Gasteiger partial charge in [0, 0.05) is 23.8 Å². The van der Waals surface area contributed by atoms with Crippen molar-refractivity contribution in [1.29, 1.82) is 0 Å². The second kappa shape index (κ2) is 7.62. The van der Waals surface area contributed by atoms with Crippen LogP contribution >= 0.6 is 11.6 Å². The quantitative estimate of drug-likeness (QED) is 0.711. The van der Waals surface area contributed by atoms with Crippen LogP contribution < -0.4 is 10.2 Å². The summed E-state index contributed by atoms with van der Waals surface area (Å²) in [6.07, 6.45) is 6.51. The van der Waals surface area contributed by atoms with Crippen LogP contribution in [0.25, 0.3) is 11.0 Å². The molecule has 8 heteroatoms. The number of aliphatic hydroxyl groups excluding tert-OH is 1. The maximum Gasteiger partial charge on any atom is 0.226 e. The van der Waals surface area contributed by atoms with Gasteiger partial charge >= 0.3 is 0 Å². The Morgan fingerprint density at radius 2 is 1.96 bits per heavy atom. The largest absolute Gasteiger partial charge is 0.393 e. The van der Waals surface area contributed by atoms with Crippen molar-refractivity contribution < 1.29 is 5.11 Å². The lowest BCUT2D eigenvalue weighted by Gasteiger charge is -2.33. The normalized spacial score (nSPS) is 19.8. The summed E-state index contributed by atoms with van der Waals surface area (Å²) in [5.74, 6) is 1.24. The minimum atomic E-state index is -0.186. The van der Waals surface area contributed by atoms with E-state index in [1.165, 1.54) is 6.33 Å². The standard InChI is InChI=1S/C19H21ClN6O/c1-26(14-5-7-15(27)8-6-14)19-21-10-16-17(25-19)18(23-11-22-16)24-13-4-2-3-12(20)9-13/h2-4,9-11,14-15,27H,5-8H2,1H3,(H,22,23,24)/t14-,15-. The molecule has 0 saturated heterocycles. The van der Waals surface area contributed by atoms with Crippen molar-refractivity contribution >= 4 is 40.1 Å². The number of halogens is 1. The number of hydrogen-bond donors (Lipinski definition) is 2. The lowest BCUT2D eigenvalue weighted by molar-refractivity contribution is 0.122. The molecule has 2 aromatic heterocycles. The molecule has 1 aliphatic carbocycles. The van der Waals surface area contributed by atoms with Crippen LogP contribution in [0.4, 0.5) is 17.5 Å². The van der Waals surface area contributed by atoms with Crippen LogP contribution in [0.3, 0.4) is 0 Å². The fourth-order valence-electron chi connectivity index (χ4n) is 3.42. The van der Waals surface area contributed by atoms with E-state index in [0.29, 0.717) is 33.9 Å². The summed E-state index contributed by atoms with van der Waals surface area (Å²) >= 11 is 6.07. The molecule has 1 aromatic carbocycles. The number of nitrogens with one attached hydrogen (secondary N) is 1. The number of nitrogens with zero attached hydrogens (tertiary/aromatic N) is 5. The summed E-state index contributed by atoms with van der Waals surface area (Å²) in [4.78, 5) is 19.9. The maximum atomic E-state index is 9.73. The van der Waals surface area contributed by atoms with Crippen LogP contribution in [0.2, 0.25) is 5.02 Å². The van der Waals surface area contributed by atoms with E-state index in [9.17, 15) is 5.11 Å². The molecule has 0 atom stereocenters. The van der Waals surface area contributed by atoms with Gasteiger partial charge in [0.25, 0.3) is 0 Å². The Bertz CT molecular complexity index is 944. The number of hydrogen-bond acceptors (Lipinski definition) is 7. The predicted molar refractivity (Wildman–Crippen MR) is 107 cm³/mol. The predicted octanol–water partition coefficient (Wildman–Crippen LogP) is 3.56. The molecule has 1 saturated carbocycles. The third-order valence-electron chi connectivity index (χ3n) is 4.98. The Morgan fingerprint density at radius 3 is 2.74 bits per heavy atom. The van der Waals surface area contributed by atoms with Gasteiger partial charge in [0.15, 0.2) is 5.82 Å². The van der Waals surface area contributed by atoms with Crippen molar-refractivity contribution in [1.82, 2.24) is 19.9 Å². The van der Waals surface area contributed by atoms with Crippen LogP contribution in [-0.2, 0) is 0 Å². The Hall–Kier alpha value is -2.51. The number of aromatic nitrogens is 4. The van der Waals surface area contributed by atoms with E-state index in [1.807, 2.05) is 31.3 Å². The molecule has 2 N–H and O–H groups in total. The van der Waals surface area contributed by atoms with Crippen molar-refractivity contribution in [3.05, 3.63) is 41.8 Å². The van der Waals surface area contributed by atoms with E-state index >= 15 is 0 Å². The van der Waals surface area contributed by atoms with Gasteiger partial charge < -0.3 is 15.3 Å². The highest BCUT2D eigenvalue weighted by molar-refractivity contribution is 6.30. The van der Waals surface area contributed by atoms with Crippen molar-refractivity contribution in [2.24, 2.45) is 0 Å². The average molecular weight is 385 g/mol. The van der Waals surface area contributed by atoms with Crippen molar-refractivity contribution in [2.75, 3.05) is 17.3 Å². The zero-order valence-corrected chi connectivity index (χ0v) is 15.8. The van der Waals surface area contributed by atoms with Gasteiger partial charge in [-0.3, -0.25) is 0 Å². The highest BCUT2D eigenvalue weighted by Crippen LogP contribution is 2.27. The molecule has 140 valence electrons. The van der Waals surface area contributed by atoms with Crippen LogP contribution in [0.15, 0.2) is 36.8 Å². The van der Waals surface area contributed by atoms with Gasteiger partial charge in [0.1, 0.15) is 17.4 Å². The van der Waals surface area contributed by atoms with Gasteiger partial charge in [0.2, 0.25) is 5.95 Å². The lowest BCUT2D eigenvalue weighted by Crippen LogP contribution is -2.37. The molecule has 4 rings (SSSR count). The highest BCUT2D eigenvalue weighted by Gasteiger charge is 2.24. The molecule has 3 aromatic rings. The average Bonchev–Trinajstić information content (AvgIpc) is 2.68. The first-order valence-electron chi connectivity index (χ1n) is 9.01. The lowest BCUT2D eigenvalue weighted by atomic mass is 9.92. The molecule has 0 unspecified atom stereocenters. The van der Waals surface area contributed by atoms with Crippen molar-refractivity contribution in [3.8, 4) is 0 Å². The molecule has 0 radical (unpaired) electrons. The molecule has 0 aliphatic heterocycles. The minimum Gasteiger partial charge on any atom is -0.393 e. The smallest absolute Gasteiger partial charge is 0.226 e. The first-order chi connectivity index (χ1) is 13.1. The second-order valence-electron chi connectivity index (χ2n) is 6.83. The monoisotopic (exact) mass is 384 g/mol. The zero-order chi connectivity index (χ0) is 18.8. The van der Waals surface area contributed by atoms with Crippen LogP contribution in [0.5, 0.6) is 0 Å². The zero-order valence-electron chi connectivity index (χ0n) is 15.0. The molecule has 1 fully saturated rings. The molecular formula is C19H21ClN6O. The Labute approximate surface area is 162 Å². The van der Waals surface area contributed by atoms with Gasteiger partial charge in [-0.15, -0.1) is 0 Å². The van der Waals surface area contributed by atoms with Gasteiger partial charge in [-0.1, -0.05) is 17.7 Å². The van der Waals surface area contributed by atoms with Crippen molar-refractivity contribution in [3.63, 3.8) is 0 Å². The molecule has 1 aliphatic rings. The van der Waals surface area contributed by atoms with E-state index in [-0.39, 0.29) is 6.10 Å². The Balaban J connectivity index is 1.64. The fraction of sp³-hybridized carbons (Fsp3) is 0.368. The summed E-state index contributed by atoms with van der Waals surface area (Å²) in [5.41, 5.74) is 2.16. The number of aliphatic hydroxyl groups is 1. The van der Waals surface area contributed by atoms with Crippen molar-refractivity contribution in [2.45, 2.75) is 37.8 Å². The SMILES string of the molecule is CN(c1ncc2ncnc(Nc3cccc(Cl)c3)c2n1)[C@H]1CC[C@H](O)CC1. The van der Waals surface area contributed by atoms with E-state index in [0.717, 1.165) is 31.4 Å². The summed E-state index contributed by atoms with van der Waals surface area (Å²) < 4.78 is 0. The summed E-state index contributed by atoms with van der Waals surface area (Å²) in [6.45, 7) is 0. The van der Waals surface area contributed by atoms with Gasteiger partial charge in [0.05, 0.1) is 12.3 Å². The molecular weight excluding hydrogens is 364 g/mol. The van der Waals surface area contributed by atoms with Crippen LogP contribution in [0.1, 0.15) is 25.7 Å². The molecule has 0 bridgehead atoms. The molecule has 0 amide bonds. The highest BCUT2D eigenvalue weighted by atomic mass is 35.5. The minimum absolute atomic E-state index is 0.186. The summed E-state index contributed by atoms with van der Waals surface area (Å²) in [6, 6.07) is 7.76. The molecule has 27 heavy (non-hydrogen) atoms. The first kappa shape index (κ1) is 17.9. The van der Waals surface area contributed by atoms with E-state index in [1.54, 1.807) is 6.20 Å². The molecule has 0 spiro atoms. The first-order valence-corrected chi connectivity index (χ1v) is 9.39. The fourth-order valence-corrected chi connectivity index (χ4v) is 3.61. The van der Waals surface area contributed by atoms with Gasteiger partial charge in [-0.2, -0.15) is 0 Å². The number of fused-ring (bicyclic) bond motifs is 1. The van der Waals surface area contributed by atoms with Crippen LogP contribution in [0, 0.1) is 0 Å². The number of rotatable bonds is 4. The van der Waals surface area contributed by atoms with E-state index in [4.69, 9.17) is 16.6 Å². The topological polar surface area (TPSA) is 87.1 Å².